The molecule has 4 heteroatoms. The van der Waals surface area contributed by atoms with E-state index in [-0.39, 0.29) is 18.3 Å². The number of hydrogen-bond acceptors (Lipinski definition) is 2. The molecular formula is C13H18FNO2. The van der Waals surface area contributed by atoms with Gasteiger partial charge in [0.2, 0.25) is 0 Å². The first-order valence-electron chi connectivity index (χ1n) is 5.80. The summed E-state index contributed by atoms with van der Waals surface area (Å²) in [6.45, 7) is 2.77. The van der Waals surface area contributed by atoms with Gasteiger partial charge in [-0.3, -0.25) is 4.79 Å². The molecule has 0 aliphatic carbocycles. The number of carboxylic acids is 1. The minimum absolute atomic E-state index is 0.153. The van der Waals surface area contributed by atoms with Crippen LogP contribution in [0.25, 0.3) is 0 Å². The quantitative estimate of drug-likeness (QED) is 0.719. The van der Waals surface area contributed by atoms with Gasteiger partial charge in [0, 0.05) is 12.5 Å². The van der Waals surface area contributed by atoms with Gasteiger partial charge in [0.15, 0.2) is 0 Å². The van der Waals surface area contributed by atoms with Crippen molar-refractivity contribution in [3.63, 3.8) is 0 Å². The van der Waals surface area contributed by atoms with Crippen molar-refractivity contribution in [3.8, 4) is 0 Å². The normalized spacial score (nSPS) is 12.4. The number of rotatable bonds is 7. The molecule has 0 aromatic heterocycles. The van der Waals surface area contributed by atoms with E-state index >= 15 is 0 Å². The maximum absolute atomic E-state index is 12.7. The summed E-state index contributed by atoms with van der Waals surface area (Å²) in [7, 11) is 0. The van der Waals surface area contributed by atoms with Gasteiger partial charge in [-0.05, 0) is 44.0 Å². The van der Waals surface area contributed by atoms with E-state index in [1.807, 2.05) is 6.92 Å². The molecule has 94 valence electrons. The molecule has 3 nitrogen and oxygen atoms in total. The third kappa shape index (κ3) is 5.45. The number of halogens is 1. The van der Waals surface area contributed by atoms with Crippen LogP contribution >= 0.6 is 0 Å². The van der Waals surface area contributed by atoms with E-state index < -0.39 is 5.97 Å². The van der Waals surface area contributed by atoms with Crippen molar-refractivity contribution in [1.82, 2.24) is 5.32 Å². The van der Waals surface area contributed by atoms with Gasteiger partial charge in [0.1, 0.15) is 5.82 Å². The first-order valence-corrected chi connectivity index (χ1v) is 5.80. The minimum Gasteiger partial charge on any atom is -0.481 e. The molecule has 1 unspecified atom stereocenters. The van der Waals surface area contributed by atoms with Crippen LogP contribution in [0.2, 0.25) is 0 Å². The molecule has 0 saturated heterocycles. The van der Waals surface area contributed by atoms with E-state index in [1.54, 1.807) is 12.1 Å². The largest absolute Gasteiger partial charge is 0.481 e. The Morgan fingerprint density at radius 1 is 1.35 bits per heavy atom. The summed E-state index contributed by atoms with van der Waals surface area (Å²) in [6, 6.07) is 6.55. The van der Waals surface area contributed by atoms with Crippen molar-refractivity contribution < 1.29 is 14.3 Å². The van der Waals surface area contributed by atoms with E-state index in [0.29, 0.717) is 6.42 Å². The SMILES string of the molecule is CC(NCCCCC(=O)O)c1ccc(F)cc1. The summed E-state index contributed by atoms with van der Waals surface area (Å²) in [4.78, 5) is 10.3. The number of benzene rings is 1. The van der Waals surface area contributed by atoms with Crippen molar-refractivity contribution in [2.24, 2.45) is 0 Å². The fourth-order valence-electron chi connectivity index (χ4n) is 1.59. The zero-order valence-corrected chi connectivity index (χ0v) is 9.95. The Labute approximate surface area is 101 Å². The molecule has 0 spiro atoms. The minimum atomic E-state index is -0.753. The molecule has 0 aliphatic rings. The molecule has 0 heterocycles. The number of hydrogen-bond donors (Lipinski definition) is 2. The highest BCUT2D eigenvalue weighted by Gasteiger charge is 2.04. The second kappa shape index (κ2) is 7.01. The predicted molar refractivity (Wildman–Crippen MR) is 64.3 cm³/mol. The third-order valence-corrected chi connectivity index (χ3v) is 2.64. The van der Waals surface area contributed by atoms with Crippen LogP contribution in [0.3, 0.4) is 0 Å². The summed E-state index contributed by atoms with van der Waals surface area (Å²) in [5.41, 5.74) is 1.03. The molecule has 0 aliphatic heterocycles. The van der Waals surface area contributed by atoms with Crippen LogP contribution in [0.5, 0.6) is 0 Å². The monoisotopic (exact) mass is 239 g/mol. The van der Waals surface area contributed by atoms with Gasteiger partial charge >= 0.3 is 5.97 Å². The van der Waals surface area contributed by atoms with Crippen LogP contribution in [-0.4, -0.2) is 17.6 Å². The van der Waals surface area contributed by atoms with E-state index in [1.165, 1.54) is 12.1 Å². The van der Waals surface area contributed by atoms with E-state index in [9.17, 15) is 9.18 Å². The molecule has 1 rings (SSSR count). The molecule has 0 bridgehead atoms. The maximum atomic E-state index is 12.7. The molecule has 1 aromatic rings. The van der Waals surface area contributed by atoms with Crippen molar-refractivity contribution in [2.75, 3.05) is 6.54 Å². The molecule has 1 aromatic carbocycles. The average molecular weight is 239 g/mol. The van der Waals surface area contributed by atoms with Crippen LogP contribution in [0.15, 0.2) is 24.3 Å². The van der Waals surface area contributed by atoms with Gasteiger partial charge in [-0.2, -0.15) is 0 Å². The number of aliphatic carboxylic acids is 1. The zero-order valence-electron chi connectivity index (χ0n) is 9.95. The van der Waals surface area contributed by atoms with Gasteiger partial charge in [-0.25, -0.2) is 4.39 Å². The highest BCUT2D eigenvalue weighted by atomic mass is 19.1. The Kier molecular flexibility index (Phi) is 5.63. The van der Waals surface area contributed by atoms with E-state index in [2.05, 4.69) is 5.32 Å². The topological polar surface area (TPSA) is 49.3 Å². The lowest BCUT2D eigenvalue weighted by Crippen LogP contribution is -2.20. The zero-order chi connectivity index (χ0) is 12.7. The molecule has 0 fully saturated rings. The number of carbonyl (C=O) groups is 1. The van der Waals surface area contributed by atoms with Gasteiger partial charge in [-0.15, -0.1) is 0 Å². The summed E-state index contributed by atoms with van der Waals surface area (Å²) < 4.78 is 12.7. The molecule has 17 heavy (non-hydrogen) atoms. The third-order valence-electron chi connectivity index (χ3n) is 2.64. The highest BCUT2D eigenvalue weighted by molar-refractivity contribution is 5.66. The Morgan fingerprint density at radius 3 is 2.59 bits per heavy atom. The van der Waals surface area contributed by atoms with Crippen molar-refractivity contribution in [3.05, 3.63) is 35.6 Å². The van der Waals surface area contributed by atoms with Crippen molar-refractivity contribution in [1.29, 1.82) is 0 Å². The maximum Gasteiger partial charge on any atom is 0.303 e. The molecular weight excluding hydrogens is 221 g/mol. The average Bonchev–Trinajstić information content (AvgIpc) is 2.29. The highest BCUT2D eigenvalue weighted by Crippen LogP contribution is 2.12. The Bertz CT molecular complexity index is 351. The summed E-state index contributed by atoms with van der Waals surface area (Å²) >= 11 is 0. The fourth-order valence-corrected chi connectivity index (χ4v) is 1.59. The van der Waals surface area contributed by atoms with Gasteiger partial charge < -0.3 is 10.4 Å². The standard InChI is InChI=1S/C13H18FNO2/c1-10(11-5-7-12(14)8-6-11)15-9-3-2-4-13(16)17/h5-8,10,15H,2-4,9H2,1H3,(H,16,17). The van der Waals surface area contributed by atoms with Crippen molar-refractivity contribution >= 4 is 5.97 Å². The first-order chi connectivity index (χ1) is 8.09. The summed E-state index contributed by atoms with van der Waals surface area (Å²) in [5.74, 6) is -0.987. The first kappa shape index (κ1) is 13.6. The van der Waals surface area contributed by atoms with Crippen LogP contribution < -0.4 is 5.32 Å². The predicted octanol–water partition coefficient (Wildman–Crippen LogP) is 2.73. The van der Waals surface area contributed by atoms with Crippen LogP contribution in [0.4, 0.5) is 4.39 Å². The number of carboxylic acid groups (broad SMARTS) is 1. The van der Waals surface area contributed by atoms with Crippen LogP contribution in [0.1, 0.15) is 37.8 Å². The van der Waals surface area contributed by atoms with E-state index in [0.717, 1.165) is 18.5 Å². The lowest BCUT2D eigenvalue weighted by Gasteiger charge is -2.13. The van der Waals surface area contributed by atoms with Gasteiger partial charge in [0.05, 0.1) is 0 Å². The summed E-state index contributed by atoms with van der Waals surface area (Å²) in [5, 5.41) is 11.7. The molecule has 2 N–H and O–H groups in total. The van der Waals surface area contributed by atoms with E-state index in [4.69, 9.17) is 5.11 Å². The Hall–Kier alpha value is -1.42. The van der Waals surface area contributed by atoms with Crippen molar-refractivity contribution in [2.45, 2.75) is 32.2 Å². The Morgan fingerprint density at radius 2 is 2.00 bits per heavy atom. The molecule has 0 amide bonds. The lowest BCUT2D eigenvalue weighted by atomic mass is 10.1. The Balaban J connectivity index is 2.23. The van der Waals surface area contributed by atoms with Crippen LogP contribution in [0, 0.1) is 5.82 Å². The second-order valence-corrected chi connectivity index (χ2v) is 4.08. The second-order valence-electron chi connectivity index (χ2n) is 4.08. The fraction of sp³-hybridized carbons (Fsp3) is 0.462. The molecule has 0 radical (unpaired) electrons. The van der Waals surface area contributed by atoms with Gasteiger partial charge in [0.25, 0.3) is 0 Å². The number of unbranched alkanes of at least 4 members (excludes halogenated alkanes) is 1. The smallest absolute Gasteiger partial charge is 0.303 e. The number of nitrogens with one attached hydrogen (secondary N) is 1. The van der Waals surface area contributed by atoms with Crippen LogP contribution in [-0.2, 0) is 4.79 Å². The summed E-state index contributed by atoms with van der Waals surface area (Å²) in [6.07, 6.45) is 1.73. The lowest BCUT2D eigenvalue weighted by molar-refractivity contribution is -0.137. The van der Waals surface area contributed by atoms with Gasteiger partial charge in [-0.1, -0.05) is 12.1 Å². The molecule has 0 saturated carbocycles. The molecule has 1 atom stereocenters.